The molecule has 5 nitrogen and oxygen atoms in total. The smallest absolute Gasteiger partial charge is 0.294 e. The highest BCUT2D eigenvalue weighted by molar-refractivity contribution is 14.1. The van der Waals surface area contributed by atoms with Crippen LogP contribution in [0, 0.1) is 3.57 Å². The van der Waals surface area contributed by atoms with Crippen molar-refractivity contribution in [2.75, 3.05) is 11.9 Å². The van der Waals surface area contributed by atoms with Crippen molar-refractivity contribution in [3.63, 3.8) is 0 Å². The molecule has 0 radical (unpaired) electrons. The van der Waals surface area contributed by atoms with Gasteiger partial charge < -0.3 is 5.32 Å². The number of anilines is 1. The van der Waals surface area contributed by atoms with E-state index in [2.05, 4.69) is 27.9 Å². The molecule has 1 heterocycles. The summed E-state index contributed by atoms with van der Waals surface area (Å²) in [5, 5.41) is 2.24. The Labute approximate surface area is 162 Å². The largest absolute Gasteiger partial charge is 0.325 e. The first-order valence-corrected chi connectivity index (χ1v) is 9.28. The fourth-order valence-electron chi connectivity index (χ4n) is 2.21. The number of halogens is 1. The van der Waals surface area contributed by atoms with E-state index in [-0.39, 0.29) is 6.54 Å². The van der Waals surface area contributed by atoms with Crippen LogP contribution < -0.4 is 5.32 Å². The number of hydrogen-bond acceptors (Lipinski definition) is 4. The van der Waals surface area contributed by atoms with E-state index in [0.717, 1.165) is 25.8 Å². The lowest BCUT2D eigenvalue weighted by Crippen LogP contribution is -2.36. The van der Waals surface area contributed by atoms with E-state index in [4.69, 9.17) is 0 Å². The predicted octanol–water partition coefficient (Wildman–Crippen LogP) is 3.97. The van der Waals surface area contributed by atoms with Crippen LogP contribution >= 0.6 is 34.4 Å². The van der Waals surface area contributed by atoms with Gasteiger partial charge >= 0.3 is 0 Å². The third kappa shape index (κ3) is 4.49. The quantitative estimate of drug-likeness (QED) is 0.550. The molecule has 0 bridgehead atoms. The summed E-state index contributed by atoms with van der Waals surface area (Å²) in [5.41, 5.74) is 1.45. The van der Waals surface area contributed by atoms with Gasteiger partial charge in [-0.15, -0.1) is 0 Å². The number of amides is 3. The molecule has 126 valence electrons. The van der Waals surface area contributed by atoms with Crippen LogP contribution in [0.15, 0.2) is 59.5 Å². The van der Waals surface area contributed by atoms with Crippen LogP contribution in [0.1, 0.15) is 5.56 Å². The molecule has 1 aliphatic rings. The van der Waals surface area contributed by atoms with E-state index >= 15 is 0 Å². The molecule has 0 saturated carbocycles. The molecule has 0 atom stereocenters. The number of imide groups is 1. The standard InChI is InChI=1S/C18H13IN2O3S/c19-13-6-8-14(9-7-13)20-16(22)11-21-17(23)15(25-18(21)24)10-12-4-2-1-3-5-12/h1-10H,11H2,(H,20,22)/b15-10+. The number of carbonyl (C=O) groups excluding carboxylic acids is 3. The molecule has 1 saturated heterocycles. The van der Waals surface area contributed by atoms with Crippen LogP contribution in [0.4, 0.5) is 10.5 Å². The Hall–Kier alpha value is -2.13. The van der Waals surface area contributed by atoms with Crippen LogP contribution in [0.2, 0.25) is 0 Å². The van der Waals surface area contributed by atoms with Gasteiger partial charge in [0.25, 0.3) is 11.1 Å². The van der Waals surface area contributed by atoms with Gasteiger partial charge in [0.15, 0.2) is 0 Å². The second-order valence-electron chi connectivity index (χ2n) is 5.23. The van der Waals surface area contributed by atoms with Crippen LogP contribution in [-0.2, 0) is 9.59 Å². The predicted molar refractivity (Wildman–Crippen MR) is 107 cm³/mol. The Morgan fingerprint density at radius 3 is 2.44 bits per heavy atom. The zero-order valence-corrected chi connectivity index (χ0v) is 15.9. The molecule has 7 heteroatoms. The first-order chi connectivity index (χ1) is 12.0. The van der Waals surface area contributed by atoms with E-state index < -0.39 is 17.1 Å². The summed E-state index contributed by atoms with van der Waals surface area (Å²) in [7, 11) is 0. The van der Waals surface area contributed by atoms with Gasteiger partial charge in [0.1, 0.15) is 6.54 Å². The molecule has 2 aromatic carbocycles. The second kappa shape index (κ2) is 7.83. The minimum absolute atomic E-state index is 0.303. The van der Waals surface area contributed by atoms with Crippen molar-refractivity contribution in [1.82, 2.24) is 4.90 Å². The van der Waals surface area contributed by atoms with Gasteiger partial charge in [-0.1, -0.05) is 30.3 Å². The molecular weight excluding hydrogens is 451 g/mol. The molecule has 1 N–H and O–H groups in total. The highest BCUT2D eigenvalue weighted by Gasteiger charge is 2.36. The number of nitrogens with zero attached hydrogens (tertiary/aromatic N) is 1. The van der Waals surface area contributed by atoms with Crippen LogP contribution in [0.25, 0.3) is 6.08 Å². The number of benzene rings is 2. The maximum absolute atomic E-state index is 12.4. The van der Waals surface area contributed by atoms with E-state index in [1.54, 1.807) is 18.2 Å². The van der Waals surface area contributed by atoms with E-state index in [9.17, 15) is 14.4 Å². The summed E-state index contributed by atoms with van der Waals surface area (Å²) in [6.07, 6.45) is 1.65. The Bertz CT molecular complexity index is 850. The van der Waals surface area contributed by atoms with Gasteiger partial charge in [-0.25, -0.2) is 0 Å². The average molecular weight is 464 g/mol. The monoisotopic (exact) mass is 464 g/mol. The lowest BCUT2D eigenvalue weighted by molar-refractivity contribution is -0.127. The van der Waals surface area contributed by atoms with Crippen molar-refractivity contribution >= 4 is 63.2 Å². The number of carbonyl (C=O) groups is 3. The number of hydrogen-bond donors (Lipinski definition) is 1. The third-order valence-electron chi connectivity index (χ3n) is 3.40. The summed E-state index contributed by atoms with van der Waals surface area (Å²) in [6.45, 7) is -0.303. The molecule has 0 unspecified atom stereocenters. The molecule has 0 aliphatic carbocycles. The zero-order valence-electron chi connectivity index (χ0n) is 12.9. The minimum Gasteiger partial charge on any atom is -0.325 e. The molecule has 0 aromatic heterocycles. The van der Waals surface area contributed by atoms with Gasteiger partial charge in [-0.3, -0.25) is 19.3 Å². The lowest BCUT2D eigenvalue weighted by Gasteiger charge is -2.12. The maximum Gasteiger partial charge on any atom is 0.294 e. The van der Waals surface area contributed by atoms with Gasteiger partial charge in [0, 0.05) is 9.26 Å². The zero-order chi connectivity index (χ0) is 17.8. The summed E-state index contributed by atoms with van der Waals surface area (Å²) >= 11 is 3.01. The first-order valence-electron chi connectivity index (χ1n) is 7.39. The fraction of sp³-hybridized carbons (Fsp3) is 0.0556. The van der Waals surface area contributed by atoms with Crippen LogP contribution in [-0.4, -0.2) is 28.5 Å². The van der Waals surface area contributed by atoms with Crippen molar-refractivity contribution in [3.8, 4) is 0 Å². The average Bonchev–Trinajstić information content (AvgIpc) is 2.85. The summed E-state index contributed by atoms with van der Waals surface area (Å²) in [5.74, 6) is -0.860. The van der Waals surface area contributed by atoms with Gasteiger partial charge in [0.05, 0.1) is 4.91 Å². The van der Waals surface area contributed by atoms with Gasteiger partial charge in [-0.05, 0) is 70.3 Å². The molecule has 1 aliphatic heterocycles. The second-order valence-corrected chi connectivity index (χ2v) is 7.47. The number of thioether (sulfide) groups is 1. The van der Waals surface area contributed by atoms with Crippen molar-refractivity contribution in [1.29, 1.82) is 0 Å². The van der Waals surface area contributed by atoms with Crippen LogP contribution in [0.5, 0.6) is 0 Å². The fourth-order valence-corrected chi connectivity index (χ4v) is 3.41. The topological polar surface area (TPSA) is 66.5 Å². The first kappa shape index (κ1) is 17.7. The van der Waals surface area contributed by atoms with E-state index in [0.29, 0.717) is 10.6 Å². The van der Waals surface area contributed by atoms with Crippen molar-refractivity contribution < 1.29 is 14.4 Å². The lowest BCUT2D eigenvalue weighted by atomic mass is 10.2. The van der Waals surface area contributed by atoms with E-state index in [1.807, 2.05) is 42.5 Å². The summed E-state index contributed by atoms with van der Waals surface area (Å²) < 4.78 is 1.05. The number of rotatable bonds is 4. The summed E-state index contributed by atoms with van der Waals surface area (Å²) in [4.78, 5) is 37.9. The Morgan fingerprint density at radius 1 is 1.08 bits per heavy atom. The maximum atomic E-state index is 12.4. The molecule has 25 heavy (non-hydrogen) atoms. The number of nitrogens with one attached hydrogen (secondary N) is 1. The highest BCUT2D eigenvalue weighted by Crippen LogP contribution is 2.32. The third-order valence-corrected chi connectivity index (χ3v) is 5.03. The Kier molecular flexibility index (Phi) is 5.54. The molecule has 2 aromatic rings. The molecular formula is C18H13IN2O3S. The van der Waals surface area contributed by atoms with Crippen molar-refractivity contribution in [3.05, 3.63) is 68.6 Å². The Morgan fingerprint density at radius 2 is 1.76 bits per heavy atom. The van der Waals surface area contributed by atoms with Crippen molar-refractivity contribution in [2.24, 2.45) is 0 Å². The molecule has 3 amide bonds. The molecule has 3 rings (SSSR count). The van der Waals surface area contributed by atoms with Gasteiger partial charge in [0.2, 0.25) is 5.91 Å². The van der Waals surface area contributed by atoms with Crippen molar-refractivity contribution in [2.45, 2.75) is 0 Å². The normalized spacial score (nSPS) is 15.7. The molecule has 1 fully saturated rings. The summed E-state index contributed by atoms with van der Waals surface area (Å²) in [6, 6.07) is 16.5. The SMILES string of the molecule is O=C(CN1C(=O)S/C(=C/c2ccccc2)C1=O)Nc1ccc(I)cc1. The Balaban J connectivity index is 1.67. The minimum atomic E-state index is -0.448. The van der Waals surface area contributed by atoms with Crippen LogP contribution in [0.3, 0.4) is 0 Å². The highest BCUT2D eigenvalue weighted by atomic mass is 127. The van der Waals surface area contributed by atoms with Gasteiger partial charge in [-0.2, -0.15) is 0 Å². The van der Waals surface area contributed by atoms with E-state index in [1.165, 1.54) is 0 Å². The molecule has 0 spiro atoms.